The van der Waals surface area contributed by atoms with Crippen molar-refractivity contribution >= 4 is 11.8 Å². The molecule has 2 aliphatic heterocycles. The molecule has 0 saturated carbocycles. The predicted molar refractivity (Wildman–Crippen MR) is 107 cm³/mol. The first-order chi connectivity index (χ1) is 13.4. The molecule has 3 rings (SSSR count). The van der Waals surface area contributed by atoms with Crippen molar-refractivity contribution in [2.24, 2.45) is 11.8 Å². The summed E-state index contributed by atoms with van der Waals surface area (Å²) in [6.07, 6.45) is 3.82. The van der Waals surface area contributed by atoms with E-state index in [2.05, 4.69) is 24.1 Å². The van der Waals surface area contributed by atoms with Crippen molar-refractivity contribution in [3.8, 4) is 0 Å². The zero-order valence-electron chi connectivity index (χ0n) is 17.0. The van der Waals surface area contributed by atoms with Crippen molar-refractivity contribution in [1.29, 1.82) is 0 Å². The molecule has 6 heteroatoms. The topological polar surface area (TPSA) is 52.7 Å². The molecule has 2 saturated heterocycles. The molecule has 0 aliphatic carbocycles. The Hall–Kier alpha value is -1.95. The maximum Gasteiger partial charge on any atom is 0.253 e. The molecule has 1 unspecified atom stereocenters. The number of carbonyl (C=O) groups excluding carboxylic acids is 2. The van der Waals surface area contributed by atoms with Gasteiger partial charge < -0.3 is 10.2 Å². The molecular weight excluding hydrogens is 357 g/mol. The maximum absolute atomic E-state index is 13.0. The summed E-state index contributed by atoms with van der Waals surface area (Å²) >= 11 is 0. The van der Waals surface area contributed by atoms with Gasteiger partial charge in [-0.15, -0.1) is 0 Å². The minimum Gasteiger partial charge on any atom is -0.354 e. The molecule has 0 bridgehead atoms. The monoisotopic (exact) mass is 389 g/mol. The highest BCUT2D eigenvalue weighted by Crippen LogP contribution is 2.20. The fourth-order valence-corrected chi connectivity index (χ4v) is 4.11. The van der Waals surface area contributed by atoms with Crippen molar-refractivity contribution in [1.82, 2.24) is 15.1 Å². The van der Waals surface area contributed by atoms with E-state index in [-0.39, 0.29) is 23.5 Å². The second-order valence-electron chi connectivity index (χ2n) is 8.39. The number of carbonyl (C=O) groups is 2. The lowest BCUT2D eigenvalue weighted by molar-refractivity contribution is -0.126. The average molecular weight is 390 g/mol. The summed E-state index contributed by atoms with van der Waals surface area (Å²) in [5.74, 6) is 0.435. The normalized spacial score (nSPS) is 20.8. The highest BCUT2D eigenvalue weighted by molar-refractivity contribution is 5.94. The van der Waals surface area contributed by atoms with E-state index < -0.39 is 0 Å². The van der Waals surface area contributed by atoms with E-state index in [9.17, 15) is 14.0 Å². The van der Waals surface area contributed by atoms with E-state index in [0.29, 0.717) is 44.1 Å². The number of likely N-dealkylation sites (tertiary alicyclic amines) is 2. The van der Waals surface area contributed by atoms with Crippen LogP contribution in [0, 0.1) is 17.7 Å². The summed E-state index contributed by atoms with van der Waals surface area (Å²) in [5, 5.41) is 3.12. The molecule has 2 heterocycles. The number of hydrogen-bond donors (Lipinski definition) is 1. The van der Waals surface area contributed by atoms with Crippen LogP contribution in [0.3, 0.4) is 0 Å². The Balaban J connectivity index is 1.41. The van der Waals surface area contributed by atoms with Crippen molar-refractivity contribution in [2.75, 3.05) is 32.7 Å². The lowest BCUT2D eigenvalue weighted by atomic mass is 9.95. The number of nitrogens with one attached hydrogen (secondary N) is 1. The van der Waals surface area contributed by atoms with Gasteiger partial charge in [0.2, 0.25) is 5.91 Å². The van der Waals surface area contributed by atoms with Gasteiger partial charge >= 0.3 is 0 Å². The zero-order valence-corrected chi connectivity index (χ0v) is 17.0. The third-order valence-electron chi connectivity index (χ3n) is 6.26. The SMILES string of the molecule is CC1CCN(C(C)CNC(=O)C2CCN(C(=O)c3ccc(F)cc3)CC2)CC1. The molecule has 0 spiro atoms. The Morgan fingerprint density at radius 3 is 2.29 bits per heavy atom. The van der Waals surface area contributed by atoms with Crippen molar-refractivity contribution in [2.45, 2.75) is 45.6 Å². The van der Waals surface area contributed by atoms with E-state index in [1.807, 2.05) is 0 Å². The van der Waals surface area contributed by atoms with E-state index in [1.54, 1.807) is 4.90 Å². The number of benzene rings is 1. The molecular formula is C22H32FN3O2. The fraction of sp³-hybridized carbons (Fsp3) is 0.636. The molecule has 1 N–H and O–H groups in total. The lowest BCUT2D eigenvalue weighted by Gasteiger charge is -2.35. The number of rotatable bonds is 5. The van der Waals surface area contributed by atoms with E-state index >= 15 is 0 Å². The number of piperidine rings is 2. The second kappa shape index (κ2) is 9.50. The van der Waals surface area contributed by atoms with Crippen molar-refractivity contribution in [3.63, 3.8) is 0 Å². The van der Waals surface area contributed by atoms with Gasteiger partial charge in [-0.2, -0.15) is 0 Å². The Kier molecular flexibility index (Phi) is 7.05. The number of nitrogens with zero attached hydrogens (tertiary/aromatic N) is 2. The zero-order chi connectivity index (χ0) is 20.1. The highest BCUT2D eigenvalue weighted by Gasteiger charge is 2.28. The van der Waals surface area contributed by atoms with Crippen LogP contribution in [0.1, 0.15) is 49.9 Å². The third kappa shape index (κ3) is 5.31. The average Bonchev–Trinajstić information content (AvgIpc) is 2.72. The van der Waals surface area contributed by atoms with Crippen molar-refractivity contribution in [3.05, 3.63) is 35.6 Å². The molecule has 0 radical (unpaired) electrons. The van der Waals surface area contributed by atoms with Crippen LogP contribution in [0.5, 0.6) is 0 Å². The van der Waals surface area contributed by atoms with Gasteiger partial charge in [0.1, 0.15) is 5.82 Å². The standard InChI is InChI=1S/C22H32FN3O2/c1-16-7-11-25(12-8-16)17(2)15-24-21(27)18-9-13-26(14-10-18)22(28)19-3-5-20(23)6-4-19/h3-6,16-18H,7-15H2,1-2H3,(H,24,27). The van der Waals surface area contributed by atoms with Gasteiger partial charge in [0, 0.05) is 37.2 Å². The van der Waals surface area contributed by atoms with Gasteiger partial charge in [-0.3, -0.25) is 14.5 Å². The van der Waals surface area contributed by atoms with Crippen LogP contribution < -0.4 is 5.32 Å². The molecule has 0 aromatic heterocycles. The number of amides is 2. The van der Waals surface area contributed by atoms with Gasteiger partial charge in [0.25, 0.3) is 5.91 Å². The molecule has 1 aromatic rings. The molecule has 5 nitrogen and oxygen atoms in total. The number of halogens is 1. The first kappa shape index (κ1) is 20.8. The van der Waals surface area contributed by atoms with Crippen molar-refractivity contribution < 1.29 is 14.0 Å². The van der Waals surface area contributed by atoms with Crippen LogP contribution in [0.4, 0.5) is 4.39 Å². The van der Waals surface area contributed by atoms with Crippen LogP contribution in [0.25, 0.3) is 0 Å². The molecule has 2 amide bonds. The highest BCUT2D eigenvalue weighted by atomic mass is 19.1. The lowest BCUT2D eigenvalue weighted by Crippen LogP contribution is -2.48. The Bertz CT molecular complexity index is 663. The van der Waals surface area contributed by atoms with E-state index in [1.165, 1.54) is 37.1 Å². The summed E-state index contributed by atoms with van der Waals surface area (Å²) in [6, 6.07) is 5.99. The molecule has 2 fully saturated rings. The fourth-order valence-electron chi connectivity index (χ4n) is 4.11. The summed E-state index contributed by atoms with van der Waals surface area (Å²) in [4.78, 5) is 29.3. The largest absolute Gasteiger partial charge is 0.354 e. The van der Waals surface area contributed by atoms with Gasteiger partial charge in [0.05, 0.1) is 0 Å². The summed E-state index contributed by atoms with van der Waals surface area (Å²) < 4.78 is 13.0. The van der Waals surface area contributed by atoms with E-state index in [4.69, 9.17) is 0 Å². The van der Waals surface area contributed by atoms with Gasteiger partial charge in [-0.1, -0.05) is 6.92 Å². The Labute approximate surface area is 167 Å². The van der Waals surface area contributed by atoms with Gasteiger partial charge in [-0.25, -0.2) is 4.39 Å². The first-order valence-electron chi connectivity index (χ1n) is 10.5. The quantitative estimate of drug-likeness (QED) is 0.843. The summed E-state index contributed by atoms with van der Waals surface area (Å²) in [7, 11) is 0. The third-order valence-corrected chi connectivity index (χ3v) is 6.26. The Morgan fingerprint density at radius 2 is 1.68 bits per heavy atom. The maximum atomic E-state index is 13.0. The Morgan fingerprint density at radius 1 is 1.07 bits per heavy atom. The molecule has 1 atom stereocenters. The van der Waals surface area contributed by atoms with Crippen LogP contribution >= 0.6 is 0 Å². The van der Waals surface area contributed by atoms with Crippen LogP contribution in [0.15, 0.2) is 24.3 Å². The molecule has 154 valence electrons. The van der Waals surface area contributed by atoms with Crippen LogP contribution in [0.2, 0.25) is 0 Å². The minimum atomic E-state index is -0.347. The predicted octanol–water partition coefficient (Wildman–Crippen LogP) is 2.91. The number of hydrogen-bond acceptors (Lipinski definition) is 3. The summed E-state index contributed by atoms with van der Waals surface area (Å²) in [5.41, 5.74) is 0.494. The van der Waals surface area contributed by atoms with Gasteiger partial charge in [-0.05, 0) is 75.9 Å². The smallest absolute Gasteiger partial charge is 0.253 e. The van der Waals surface area contributed by atoms with E-state index in [0.717, 1.165) is 19.0 Å². The molecule has 1 aromatic carbocycles. The molecule has 28 heavy (non-hydrogen) atoms. The van der Waals surface area contributed by atoms with Gasteiger partial charge in [0.15, 0.2) is 0 Å². The minimum absolute atomic E-state index is 0.0363. The van der Waals surface area contributed by atoms with Crippen LogP contribution in [-0.4, -0.2) is 60.4 Å². The second-order valence-corrected chi connectivity index (χ2v) is 8.39. The molecule has 2 aliphatic rings. The first-order valence-corrected chi connectivity index (χ1v) is 10.5. The summed E-state index contributed by atoms with van der Waals surface area (Å²) in [6.45, 7) is 8.52. The van der Waals surface area contributed by atoms with Crippen LogP contribution in [-0.2, 0) is 4.79 Å².